The third-order valence-electron chi connectivity index (χ3n) is 5.54. The molecule has 8 nitrogen and oxygen atoms in total. The highest BCUT2D eigenvalue weighted by atomic mass is 16.6. The maximum absolute atomic E-state index is 13.2. The summed E-state index contributed by atoms with van der Waals surface area (Å²) in [7, 11) is 0. The van der Waals surface area contributed by atoms with Crippen LogP contribution in [0.15, 0.2) is 91.0 Å². The topological polar surface area (TPSA) is 119 Å². The van der Waals surface area contributed by atoms with Gasteiger partial charge in [-0.25, -0.2) is 4.79 Å². The fourth-order valence-corrected chi connectivity index (χ4v) is 3.73. The molecule has 4 aromatic carbocycles. The number of nitro groups is 1. The van der Waals surface area contributed by atoms with Crippen molar-refractivity contribution in [3.05, 3.63) is 118 Å². The number of nitrogens with zero attached hydrogens (tertiary/aromatic N) is 1. The van der Waals surface area contributed by atoms with E-state index < -0.39 is 22.8 Å². The molecule has 0 fully saturated rings. The second kappa shape index (κ2) is 10.5. The van der Waals surface area contributed by atoms with Crippen LogP contribution in [0.2, 0.25) is 0 Å². The predicted octanol–water partition coefficient (Wildman–Crippen LogP) is 4.75. The van der Waals surface area contributed by atoms with E-state index in [9.17, 15) is 24.8 Å². The smallest absolute Gasteiger partial charge is 0.326 e. The Morgan fingerprint density at radius 1 is 0.886 bits per heavy atom. The van der Waals surface area contributed by atoms with Gasteiger partial charge in [-0.3, -0.25) is 14.9 Å². The van der Waals surface area contributed by atoms with Crippen LogP contribution in [0, 0.1) is 10.1 Å². The maximum atomic E-state index is 13.2. The normalized spacial score (nSPS) is 11.5. The molecule has 0 aromatic heterocycles. The van der Waals surface area contributed by atoms with E-state index in [1.165, 1.54) is 12.1 Å². The molecule has 0 saturated carbocycles. The number of aliphatic carboxylic acids is 1. The van der Waals surface area contributed by atoms with Crippen molar-refractivity contribution in [3.8, 4) is 5.75 Å². The Hall–Kier alpha value is -4.72. The van der Waals surface area contributed by atoms with Gasteiger partial charge in [-0.05, 0) is 34.7 Å². The number of fused-ring (bicyclic) bond motifs is 1. The average Bonchev–Trinajstić information content (AvgIpc) is 2.87. The number of carboxylic acid groups (broad SMARTS) is 1. The molecule has 4 aromatic rings. The van der Waals surface area contributed by atoms with E-state index in [2.05, 4.69) is 5.32 Å². The summed E-state index contributed by atoms with van der Waals surface area (Å²) in [5, 5.41) is 24.7. The summed E-state index contributed by atoms with van der Waals surface area (Å²) in [6, 6.07) is 24.6. The van der Waals surface area contributed by atoms with E-state index in [0.29, 0.717) is 16.7 Å². The van der Waals surface area contributed by atoms with Crippen molar-refractivity contribution in [3.63, 3.8) is 0 Å². The van der Waals surface area contributed by atoms with Gasteiger partial charge in [0.2, 0.25) is 0 Å². The number of carbonyl (C=O) groups is 2. The zero-order chi connectivity index (χ0) is 24.8. The number of hydrogen-bond donors (Lipinski definition) is 2. The molecule has 0 aliphatic carbocycles. The van der Waals surface area contributed by atoms with Gasteiger partial charge in [-0.1, -0.05) is 60.7 Å². The number of non-ortho nitro benzene ring substituents is 1. The fourth-order valence-electron chi connectivity index (χ4n) is 3.73. The van der Waals surface area contributed by atoms with Crippen molar-refractivity contribution < 1.29 is 24.4 Å². The van der Waals surface area contributed by atoms with E-state index >= 15 is 0 Å². The standard InChI is InChI=1S/C27H22N2O6/c30-26(28-24(27(31)32)16-18-6-2-1-3-7-18)23-15-12-20-8-4-5-9-22(20)25(23)35-17-19-10-13-21(14-11-19)29(33)34/h1-15,24H,16-17H2,(H,28,30)(H,31,32). The van der Waals surface area contributed by atoms with Crippen LogP contribution < -0.4 is 10.1 Å². The van der Waals surface area contributed by atoms with Gasteiger partial charge in [0.25, 0.3) is 11.6 Å². The summed E-state index contributed by atoms with van der Waals surface area (Å²) in [5.41, 5.74) is 1.64. The number of nitrogens with one attached hydrogen (secondary N) is 1. The van der Waals surface area contributed by atoms with Gasteiger partial charge in [0.1, 0.15) is 18.4 Å². The zero-order valence-corrected chi connectivity index (χ0v) is 18.6. The second-order valence-electron chi connectivity index (χ2n) is 7.93. The molecule has 0 radical (unpaired) electrons. The minimum Gasteiger partial charge on any atom is -0.487 e. The molecule has 1 atom stereocenters. The van der Waals surface area contributed by atoms with Crippen molar-refractivity contribution in [2.45, 2.75) is 19.1 Å². The van der Waals surface area contributed by atoms with Crippen molar-refractivity contribution in [2.75, 3.05) is 0 Å². The summed E-state index contributed by atoms with van der Waals surface area (Å²) in [4.78, 5) is 35.5. The van der Waals surface area contributed by atoms with E-state index in [-0.39, 0.29) is 24.3 Å². The van der Waals surface area contributed by atoms with Gasteiger partial charge < -0.3 is 15.2 Å². The highest BCUT2D eigenvalue weighted by molar-refractivity contribution is 6.04. The highest BCUT2D eigenvalue weighted by Gasteiger charge is 2.24. The molecule has 4 rings (SSSR count). The first-order valence-corrected chi connectivity index (χ1v) is 10.9. The average molecular weight is 470 g/mol. The maximum Gasteiger partial charge on any atom is 0.326 e. The molecule has 0 aliphatic heterocycles. The number of benzene rings is 4. The lowest BCUT2D eigenvalue weighted by atomic mass is 10.0. The van der Waals surface area contributed by atoms with Gasteiger partial charge >= 0.3 is 5.97 Å². The van der Waals surface area contributed by atoms with Crippen LogP contribution >= 0.6 is 0 Å². The first kappa shape index (κ1) is 23.4. The molecular weight excluding hydrogens is 448 g/mol. The molecule has 0 spiro atoms. The SMILES string of the molecule is O=C(NC(Cc1ccccc1)C(=O)O)c1ccc2ccccc2c1OCc1ccc([N+](=O)[O-])cc1. The molecule has 1 amide bonds. The molecule has 0 aliphatic rings. The minimum absolute atomic E-state index is 0.0305. The monoisotopic (exact) mass is 470 g/mol. The first-order chi connectivity index (χ1) is 16.9. The number of nitro benzene ring substituents is 1. The van der Waals surface area contributed by atoms with Crippen molar-refractivity contribution in [2.24, 2.45) is 0 Å². The summed E-state index contributed by atoms with van der Waals surface area (Å²) in [6.45, 7) is 0.0681. The van der Waals surface area contributed by atoms with Crippen LogP contribution in [0.5, 0.6) is 5.75 Å². The molecule has 0 saturated heterocycles. The fraction of sp³-hybridized carbons (Fsp3) is 0.111. The van der Waals surface area contributed by atoms with Crippen LogP contribution in [-0.2, 0) is 17.8 Å². The van der Waals surface area contributed by atoms with Crippen LogP contribution in [0.4, 0.5) is 5.69 Å². The van der Waals surface area contributed by atoms with Crippen molar-refractivity contribution in [1.29, 1.82) is 0 Å². The Kier molecular flexibility index (Phi) is 7.02. The van der Waals surface area contributed by atoms with E-state index in [1.807, 2.05) is 42.5 Å². The summed E-state index contributed by atoms with van der Waals surface area (Å²) in [6.07, 6.45) is 0.133. The Labute approximate surface area is 200 Å². The second-order valence-corrected chi connectivity index (χ2v) is 7.93. The zero-order valence-electron chi connectivity index (χ0n) is 18.6. The lowest BCUT2D eigenvalue weighted by molar-refractivity contribution is -0.384. The third-order valence-corrected chi connectivity index (χ3v) is 5.54. The highest BCUT2D eigenvalue weighted by Crippen LogP contribution is 2.31. The first-order valence-electron chi connectivity index (χ1n) is 10.9. The molecule has 0 heterocycles. The molecule has 1 unspecified atom stereocenters. The van der Waals surface area contributed by atoms with E-state index in [0.717, 1.165) is 10.9 Å². The number of carbonyl (C=O) groups excluding carboxylic acids is 1. The number of ether oxygens (including phenoxy) is 1. The van der Waals surface area contributed by atoms with Crippen LogP contribution in [-0.4, -0.2) is 27.9 Å². The van der Waals surface area contributed by atoms with Gasteiger partial charge in [-0.15, -0.1) is 0 Å². The summed E-state index contributed by atoms with van der Waals surface area (Å²) < 4.78 is 6.04. The van der Waals surface area contributed by atoms with Crippen LogP contribution in [0.3, 0.4) is 0 Å². The minimum atomic E-state index is -1.14. The van der Waals surface area contributed by atoms with E-state index in [4.69, 9.17) is 4.74 Å². The summed E-state index contributed by atoms with van der Waals surface area (Å²) >= 11 is 0. The predicted molar refractivity (Wildman–Crippen MR) is 130 cm³/mol. The molecule has 8 heteroatoms. The molecule has 35 heavy (non-hydrogen) atoms. The van der Waals surface area contributed by atoms with Crippen LogP contribution in [0.1, 0.15) is 21.5 Å². The van der Waals surface area contributed by atoms with Crippen molar-refractivity contribution in [1.82, 2.24) is 5.32 Å². The Balaban J connectivity index is 1.61. The van der Waals surface area contributed by atoms with Gasteiger partial charge in [0.05, 0.1) is 10.5 Å². The number of carboxylic acids is 1. The van der Waals surface area contributed by atoms with Gasteiger partial charge in [-0.2, -0.15) is 0 Å². The Morgan fingerprint density at radius 3 is 2.26 bits per heavy atom. The Morgan fingerprint density at radius 2 is 1.57 bits per heavy atom. The lowest BCUT2D eigenvalue weighted by Crippen LogP contribution is -2.42. The van der Waals surface area contributed by atoms with E-state index in [1.54, 1.807) is 36.4 Å². The number of rotatable bonds is 9. The molecule has 176 valence electrons. The summed E-state index contributed by atoms with van der Waals surface area (Å²) in [5.74, 6) is -1.41. The number of amides is 1. The molecule has 0 bridgehead atoms. The van der Waals surface area contributed by atoms with Crippen LogP contribution in [0.25, 0.3) is 10.8 Å². The lowest BCUT2D eigenvalue weighted by Gasteiger charge is -2.18. The molecule has 2 N–H and O–H groups in total. The number of hydrogen-bond acceptors (Lipinski definition) is 5. The molecular formula is C27H22N2O6. The van der Waals surface area contributed by atoms with Gasteiger partial charge in [0.15, 0.2) is 0 Å². The third kappa shape index (κ3) is 5.62. The Bertz CT molecular complexity index is 1370. The quantitative estimate of drug-likeness (QED) is 0.269. The van der Waals surface area contributed by atoms with Gasteiger partial charge in [0, 0.05) is 23.9 Å². The van der Waals surface area contributed by atoms with Crippen molar-refractivity contribution >= 4 is 28.3 Å². The largest absolute Gasteiger partial charge is 0.487 e.